The van der Waals surface area contributed by atoms with Crippen LogP contribution in [0.1, 0.15) is 21.6 Å². The van der Waals surface area contributed by atoms with E-state index >= 15 is 0 Å². The normalized spacial score (nSPS) is 17.1. The van der Waals surface area contributed by atoms with E-state index in [9.17, 15) is 4.79 Å². The van der Waals surface area contributed by atoms with Crippen molar-refractivity contribution >= 4 is 5.91 Å². The number of nitrogens with zero attached hydrogens (tertiary/aromatic N) is 3. The van der Waals surface area contributed by atoms with Gasteiger partial charge in [0.1, 0.15) is 5.69 Å². The van der Waals surface area contributed by atoms with Gasteiger partial charge in [0.2, 0.25) is 0 Å². The van der Waals surface area contributed by atoms with E-state index in [0.717, 1.165) is 6.42 Å². The maximum Gasteiger partial charge on any atom is 0.273 e. The third-order valence-corrected chi connectivity index (χ3v) is 3.65. The summed E-state index contributed by atoms with van der Waals surface area (Å²) in [4.78, 5) is 21.8. The number of likely N-dealkylation sites (N-methyl/N-ethyl adjacent to an activating group) is 1. The molecule has 0 fully saturated rings. The number of ether oxygens (including phenoxy) is 1. The number of amides is 1. The van der Waals surface area contributed by atoms with Gasteiger partial charge in [-0.2, -0.15) is 0 Å². The van der Waals surface area contributed by atoms with Crippen molar-refractivity contribution in [3.05, 3.63) is 59.7 Å². The predicted molar refractivity (Wildman–Crippen MR) is 77.7 cm³/mol. The highest BCUT2D eigenvalue weighted by Gasteiger charge is 2.23. The van der Waals surface area contributed by atoms with E-state index in [4.69, 9.17) is 4.74 Å². The van der Waals surface area contributed by atoms with Crippen molar-refractivity contribution in [2.24, 2.45) is 0 Å². The van der Waals surface area contributed by atoms with Crippen molar-refractivity contribution in [3.63, 3.8) is 0 Å². The van der Waals surface area contributed by atoms with E-state index in [1.165, 1.54) is 23.5 Å². The molecule has 1 aromatic heterocycles. The monoisotopic (exact) mass is 283 g/mol. The topological polar surface area (TPSA) is 55.3 Å². The van der Waals surface area contributed by atoms with E-state index in [1.807, 2.05) is 12.1 Å². The molecule has 0 saturated carbocycles. The third kappa shape index (κ3) is 3.08. The van der Waals surface area contributed by atoms with Gasteiger partial charge >= 0.3 is 0 Å². The first kappa shape index (κ1) is 13.7. The first-order valence-corrected chi connectivity index (χ1v) is 6.94. The van der Waals surface area contributed by atoms with Crippen molar-refractivity contribution in [1.29, 1.82) is 0 Å². The Bertz CT molecular complexity index is 630. The fraction of sp³-hybridized carbons (Fsp3) is 0.312. The third-order valence-electron chi connectivity index (χ3n) is 3.65. The Hall–Kier alpha value is -2.27. The molecule has 0 bridgehead atoms. The van der Waals surface area contributed by atoms with Crippen LogP contribution < -0.4 is 0 Å². The van der Waals surface area contributed by atoms with Crippen LogP contribution in [0.5, 0.6) is 0 Å². The van der Waals surface area contributed by atoms with E-state index in [1.54, 1.807) is 18.1 Å². The molecule has 1 aliphatic heterocycles. The van der Waals surface area contributed by atoms with Gasteiger partial charge in [0.15, 0.2) is 0 Å². The van der Waals surface area contributed by atoms with Crippen molar-refractivity contribution in [1.82, 2.24) is 14.9 Å². The standard InChI is InChI=1S/C16H17N3O2/c1-19(16(20)15-9-17-6-7-18-15)10-14-8-12-4-2-3-5-13(12)11-21-14/h2-7,9,14H,8,10-11H2,1H3. The van der Waals surface area contributed by atoms with Crippen LogP contribution in [0.2, 0.25) is 0 Å². The predicted octanol–water partition coefficient (Wildman–Crippen LogP) is 1.69. The van der Waals surface area contributed by atoms with Gasteiger partial charge in [-0.3, -0.25) is 9.78 Å². The largest absolute Gasteiger partial charge is 0.371 e. The number of benzene rings is 1. The minimum Gasteiger partial charge on any atom is -0.371 e. The molecule has 2 aromatic rings. The van der Waals surface area contributed by atoms with Crippen LogP contribution in [-0.4, -0.2) is 40.5 Å². The highest BCUT2D eigenvalue weighted by Crippen LogP contribution is 2.20. The number of hydrogen-bond donors (Lipinski definition) is 0. The highest BCUT2D eigenvalue weighted by molar-refractivity contribution is 5.91. The van der Waals surface area contributed by atoms with Crippen LogP contribution in [0.15, 0.2) is 42.9 Å². The lowest BCUT2D eigenvalue weighted by atomic mass is 9.99. The molecule has 0 saturated heterocycles. The zero-order valence-electron chi connectivity index (χ0n) is 11.9. The first-order valence-electron chi connectivity index (χ1n) is 6.94. The van der Waals surface area contributed by atoms with Crippen LogP contribution in [-0.2, 0) is 17.8 Å². The van der Waals surface area contributed by atoms with Gasteiger partial charge in [-0.15, -0.1) is 0 Å². The summed E-state index contributed by atoms with van der Waals surface area (Å²) in [5.41, 5.74) is 2.89. The summed E-state index contributed by atoms with van der Waals surface area (Å²) in [6.07, 6.45) is 5.40. The highest BCUT2D eigenvalue weighted by atomic mass is 16.5. The molecule has 1 amide bonds. The number of rotatable bonds is 3. The summed E-state index contributed by atoms with van der Waals surface area (Å²) in [6, 6.07) is 8.26. The van der Waals surface area contributed by atoms with Crippen molar-refractivity contribution < 1.29 is 9.53 Å². The maximum atomic E-state index is 12.2. The average Bonchev–Trinajstić information content (AvgIpc) is 2.55. The van der Waals surface area contributed by atoms with Gasteiger partial charge in [0.25, 0.3) is 5.91 Å². The minimum atomic E-state index is -0.134. The van der Waals surface area contributed by atoms with Gasteiger partial charge < -0.3 is 9.64 Å². The lowest BCUT2D eigenvalue weighted by Crippen LogP contribution is -2.38. The van der Waals surface area contributed by atoms with E-state index in [2.05, 4.69) is 22.1 Å². The Balaban J connectivity index is 1.64. The van der Waals surface area contributed by atoms with Crippen LogP contribution in [0, 0.1) is 0 Å². The fourth-order valence-electron chi connectivity index (χ4n) is 2.52. The average molecular weight is 283 g/mol. The molecule has 0 aliphatic carbocycles. The molecule has 0 radical (unpaired) electrons. The Morgan fingerprint density at radius 2 is 2.14 bits per heavy atom. The molecule has 21 heavy (non-hydrogen) atoms. The second-order valence-corrected chi connectivity index (χ2v) is 5.18. The van der Waals surface area contributed by atoms with E-state index in [0.29, 0.717) is 18.8 Å². The van der Waals surface area contributed by atoms with Gasteiger partial charge in [0.05, 0.1) is 18.9 Å². The van der Waals surface area contributed by atoms with Crippen molar-refractivity contribution in [3.8, 4) is 0 Å². The van der Waals surface area contributed by atoms with Gasteiger partial charge in [-0.25, -0.2) is 4.98 Å². The van der Waals surface area contributed by atoms with Crippen LogP contribution in [0.4, 0.5) is 0 Å². The van der Waals surface area contributed by atoms with Gasteiger partial charge in [-0.1, -0.05) is 24.3 Å². The Kier molecular flexibility index (Phi) is 3.92. The second-order valence-electron chi connectivity index (χ2n) is 5.18. The van der Waals surface area contributed by atoms with Crippen molar-refractivity contribution in [2.45, 2.75) is 19.1 Å². The Morgan fingerprint density at radius 3 is 2.90 bits per heavy atom. The van der Waals surface area contributed by atoms with Crippen molar-refractivity contribution in [2.75, 3.05) is 13.6 Å². The zero-order valence-corrected chi connectivity index (χ0v) is 11.9. The first-order chi connectivity index (χ1) is 10.2. The molecule has 1 aromatic carbocycles. The van der Waals surface area contributed by atoms with Crippen LogP contribution in [0.3, 0.4) is 0 Å². The number of carbonyl (C=O) groups excluding carboxylic acids is 1. The smallest absolute Gasteiger partial charge is 0.273 e. The fourth-order valence-corrected chi connectivity index (χ4v) is 2.52. The summed E-state index contributed by atoms with van der Waals surface area (Å²) < 4.78 is 5.83. The summed E-state index contributed by atoms with van der Waals surface area (Å²) >= 11 is 0. The lowest BCUT2D eigenvalue weighted by Gasteiger charge is -2.28. The number of aromatic nitrogens is 2. The summed E-state index contributed by atoms with van der Waals surface area (Å²) in [5.74, 6) is -0.134. The Morgan fingerprint density at radius 1 is 1.33 bits per heavy atom. The quantitative estimate of drug-likeness (QED) is 0.860. The lowest BCUT2D eigenvalue weighted by molar-refractivity contribution is 0.00971. The van der Waals surface area contributed by atoms with Crippen LogP contribution >= 0.6 is 0 Å². The summed E-state index contributed by atoms with van der Waals surface area (Å²) in [7, 11) is 1.76. The summed E-state index contributed by atoms with van der Waals surface area (Å²) in [6.45, 7) is 1.15. The second kappa shape index (κ2) is 6.01. The molecule has 0 spiro atoms. The van der Waals surface area contributed by atoms with Gasteiger partial charge in [0, 0.05) is 32.4 Å². The minimum absolute atomic E-state index is 0.0190. The molecule has 5 nitrogen and oxygen atoms in total. The number of hydrogen-bond acceptors (Lipinski definition) is 4. The molecule has 1 unspecified atom stereocenters. The van der Waals surface area contributed by atoms with Gasteiger partial charge in [-0.05, 0) is 11.1 Å². The molecular formula is C16H17N3O2. The van der Waals surface area contributed by atoms with E-state index < -0.39 is 0 Å². The Labute approximate surface area is 123 Å². The van der Waals surface area contributed by atoms with Crippen LogP contribution in [0.25, 0.3) is 0 Å². The zero-order chi connectivity index (χ0) is 14.7. The molecular weight excluding hydrogens is 266 g/mol. The summed E-state index contributed by atoms with van der Waals surface area (Å²) in [5, 5.41) is 0. The number of fused-ring (bicyclic) bond motifs is 1. The SMILES string of the molecule is CN(CC1Cc2ccccc2CO1)C(=O)c1cnccn1. The van der Waals surface area contributed by atoms with E-state index in [-0.39, 0.29) is 12.0 Å². The number of carbonyl (C=O) groups is 1. The molecule has 5 heteroatoms. The maximum absolute atomic E-state index is 12.2. The molecule has 3 rings (SSSR count). The molecule has 108 valence electrons. The molecule has 0 N–H and O–H groups in total. The molecule has 1 atom stereocenters. The molecule has 1 aliphatic rings. The molecule has 2 heterocycles.